The average molecular weight is 488 g/mol. The Labute approximate surface area is 205 Å². The van der Waals surface area contributed by atoms with Crippen LogP contribution in [-0.2, 0) is 14.3 Å². The van der Waals surface area contributed by atoms with E-state index < -0.39 is 46.9 Å². The lowest BCUT2D eigenvalue weighted by Gasteiger charge is -2.27. The Bertz CT molecular complexity index is 1400. The number of carbonyl (C=O) groups is 4. The van der Waals surface area contributed by atoms with Gasteiger partial charge in [0.1, 0.15) is 5.75 Å². The van der Waals surface area contributed by atoms with Crippen LogP contribution < -0.4 is 9.64 Å². The van der Waals surface area contributed by atoms with E-state index in [1.54, 1.807) is 54.6 Å². The van der Waals surface area contributed by atoms with Gasteiger partial charge in [-0.2, -0.15) is 0 Å². The van der Waals surface area contributed by atoms with Crippen LogP contribution in [0.5, 0.6) is 5.75 Å². The van der Waals surface area contributed by atoms with Crippen LogP contribution in [-0.4, -0.2) is 36.1 Å². The van der Waals surface area contributed by atoms with Crippen molar-refractivity contribution >= 4 is 40.7 Å². The number of benzene rings is 3. The molecule has 3 unspecified atom stereocenters. The van der Waals surface area contributed by atoms with Crippen LogP contribution >= 0.6 is 11.6 Å². The number of amides is 2. The largest absolute Gasteiger partial charge is 0.495 e. The molecule has 1 aliphatic carbocycles. The van der Waals surface area contributed by atoms with Crippen molar-refractivity contribution in [1.29, 1.82) is 0 Å². The lowest BCUT2D eigenvalue weighted by atomic mass is 9.77. The Kier molecular flexibility index (Phi) is 4.71. The number of anilines is 1. The van der Waals surface area contributed by atoms with Gasteiger partial charge in [0, 0.05) is 16.1 Å². The Balaban J connectivity index is 1.56. The van der Waals surface area contributed by atoms with Crippen LogP contribution in [0.15, 0.2) is 72.8 Å². The normalized spacial score (nSPS) is 24.3. The molecule has 0 bridgehead atoms. The fourth-order valence-electron chi connectivity index (χ4n) is 5.54. The predicted molar refractivity (Wildman–Crippen MR) is 126 cm³/mol. The summed E-state index contributed by atoms with van der Waals surface area (Å²) in [6.45, 7) is 0. The van der Waals surface area contributed by atoms with E-state index in [-0.39, 0.29) is 22.6 Å². The number of methoxy groups -OCH3 is 1. The summed E-state index contributed by atoms with van der Waals surface area (Å²) in [7, 11) is 1.41. The second-order valence-electron chi connectivity index (χ2n) is 8.72. The van der Waals surface area contributed by atoms with E-state index in [1.165, 1.54) is 25.3 Å². The number of halogens is 1. The quantitative estimate of drug-likeness (QED) is 0.409. The number of nitrogens with zero attached hydrogens (tertiary/aromatic N) is 1. The minimum Gasteiger partial charge on any atom is -0.495 e. The van der Waals surface area contributed by atoms with Crippen LogP contribution in [0.2, 0.25) is 5.02 Å². The zero-order chi connectivity index (χ0) is 24.5. The van der Waals surface area contributed by atoms with Crippen molar-refractivity contribution in [3.63, 3.8) is 0 Å². The van der Waals surface area contributed by atoms with Crippen molar-refractivity contribution in [2.75, 3.05) is 12.0 Å². The number of rotatable bonds is 3. The lowest BCUT2D eigenvalue weighted by molar-refractivity contribution is -0.127. The number of imide groups is 1. The lowest BCUT2D eigenvalue weighted by Crippen LogP contribution is -2.51. The highest BCUT2D eigenvalue weighted by atomic mass is 35.5. The summed E-state index contributed by atoms with van der Waals surface area (Å²) in [6.07, 6.45) is -0.977. The van der Waals surface area contributed by atoms with Gasteiger partial charge >= 0.3 is 0 Å². The Morgan fingerprint density at radius 1 is 0.857 bits per heavy atom. The van der Waals surface area contributed by atoms with Gasteiger partial charge in [0.25, 0.3) is 0 Å². The van der Waals surface area contributed by atoms with Gasteiger partial charge in [0.2, 0.25) is 29.0 Å². The molecule has 0 radical (unpaired) electrons. The summed E-state index contributed by atoms with van der Waals surface area (Å²) in [6, 6.07) is 19.8. The second-order valence-corrected chi connectivity index (χ2v) is 9.16. The van der Waals surface area contributed by atoms with Crippen LogP contribution in [0.1, 0.15) is 32.4 Å². The Morgan fingerprint density at radius 3 is 2.11 bits per heavy atom. The highest BCUT2D eigenvalue weighted by Gasteiger charge is 2.74. The Hall–Kier alpha value is -3.81. The molecule has 1 spiro atoms. The summed E-state index contributed by atoms with van der Waals surface area (Å²) >= 11 is 6.18. The number of ether oxygens (including phenoxy) is 2. The smallest absolute Gasteiger partial charge is 0.241 e. The van der Waals surface area contributed by atoms with E-state index in [0.717, 1.165) is 4.90 Å². The highest BCUT2D eigenvalue weighted by Crippen LogP contribution is 2.58. The molecule has 7 nitrogen and oxygen atoms in total. The molecule has 2 saturated heterocycles. The number of hydrogen-bond acceptors (Lipinski definition) is 6. The minimum absolute atomic E-state index is 0.154. The number of Topliss-reactive ketones (excluding diaryl/α,β-unsaturated/α-hetero) is 2. The van der Waals surface area contributed by atoms with Gasteiger partial charge in [0.05, 0.1) is 30.7 Å². The third-order valence-electron chi connectivity index (χ3n) is 7.03. The molecule has 2 heterocycles. The number of ketones is 2. The first-order valence-corrected chi connectivity index (χ1v) is 11.4. The predicted octanol–water partition coefficient (Wildman–Crippen LogP) is 4.04. The molecule has 3 aromatic rings. The van der Waals surface area contributed by atoms with Gasteiger partial charge < -0.3 is 9.47 Å². The van der Waals surface area contributed by atoms with E-state index in [2.05, 4.69) is 0 Å². The van der Waals surface area contributed by atoms with Crippen molar-refractivity contribution in [2.24, 2.45) is 11.8 Å². The molecule has 2 fully saturated rings. The molecule has 0 saturated carbocycles. The summed E-state index contributed by atoms with van der Waals surface area (Å²) in [5.41, 5.74) is -1.01. The summed E-state index contributed by atoms with van der Waals surface area (Å²) in [4.78, 5) is 56.3. The highest BCUT2D eigenvalue weighted by molar-refractivity contribution is 6.37. The maximum absolute atomic E-state index is 14.0. The molecule has 8 heteroatoms. The van der Waals surface area contributed by atoms with Gasteiger partial charge in [0.15, 0.2) is 0 Å². The molecule has 0 N–H and O–H groups in total. The van der Waals surface area contributed by atoms with E-state index in [4.69, 9.17) is 21.1 Å². The molecular weight excluding hydrogens is 470 g/mol. The fraction of sp³-hybridized carbons (Fsp3) is 0.185. The van der Waals surface area contributed by atoms with Crippen molar-refractivity contribution in [3.8, 4) is 5.75 Å². The third kappa shape index (κ3) is 2.76. The molecule has 3 aliphatic rings. The van der Waals surface area contributed by atoms with Gasteiger partial charge in [-0.05, 0) is 23.8 Å². The third-order valence-corrected chi connectivity index (χ3v) is 7.26. The van der Waals surface area contributed by atoms with Crippen LogP contribution in [0.4, 0.5) is 5.69 Å². The fourth-order valence-corrected chi connectivity index (χ4v) is 5.70. The van der Waals surface area contributed by atoms with Gasteiger partial charge in [-0.25, -0.2) is 4.90 Å². The standard InChI is InChI=1S/C27H18ClNO6/c1-34-19-12-11-15(28)13-18(19)29-25(32)20-21(26(29)33)27(35-22(20)14-7-3-2-4-8-14)23(30)16-9-5-6-10-17(16)24(27)31/h2-13,20-22H,1H3. The zero-order valence-corrected chi connectivity index (χ0v) is 19.2. The molecule has 35 heavy (non-hydrogen) atoms. The molecule has 2 aliphatic heterocycles. The van der Waals surface area contributed by atoms with E-state index in [0.29, 0.717) is 10.6 Å². The monoisotopic (exact) mass is 487 g/mol. The SMILES string of the molecule is COc1ccc(Cl)cc1N1C(=O)C2C(c3ccccc3)OC3(C(=O)c4ccccc4C3=O)C2C1=O. The molecule has 3 atom stereocenters. The molecule has 2 amide bonds. The maximum Gasteiger partial charge on any atom is 0.241 e. The average Bonchev–Trinajstić information content (AvgIpc) is 3.44. The molecule has 6 rings (SSSR count). The molecular formula is C27H18ClNO6. The van der Waals surface area contributed by atoms with Crippen molar-refractivity contribution < 1.29 is 28.7 Å². The van der Waals surface area contributed by atoms with Crippen LogP contribution in [0.3, 0.4) is 0 Å². The summed E-state index contributed by atoms with van der Waals surface area (Å²) in [5.74, 6) is -4.65. The van der Waals surface area contributed by atoms with E-state index in [1.807, 2.05) is 0 Å². The van der Waals surface area contributed by atoms with Crippen molar-refractivity contribution in [1.82, 2.24) is 0 Å². The van der Waals surface area contributed by atoms with Gasteiger partial charge in [-0.15, -0.1) is 0 Å². The van der Waals surface area contributed by atoms with E-state index in [9.17, 15) is 19.2 Å². The van der Waals surface area contributed by atoms with Crippen LogP contribution in [0.25, 0.3) is 0 Å². The van der Waals surface area contributed by atoms with Gasteiger partial charge in [-0.3, -0.25) is 19.2 Å². The molecule has 3 aromatic carbocycles. The van der Waals surface area contributed by atoms with Crippen molar-refractivity contribution in [3.05, 3.63) is 94.5 Å². The second kappa shape index (κ2) is 7.60. The first kappa shape index (κ1) is 21.7. The van der Waals surface area contributed by atoms with Gasteiger partial charge in [-0.1, -0.05) is 66.2 Å². The first-order chi connectivity index (χ1) is 16.9. The topological polar surface area (TPSA) is 90.0 Å². The van der Waals surface area contributed by atoms with Crippen LogP contribution in [0, 0.1) is 11.8 Å². The molecule has 0 aromatic heterocycles. The molecule has 174 valence electrons. The van der Waals surface area contributed by atoms with Crippen molar-refractivity contribution in [2.45, 2.75) is 11.7 Å². The minimum atomic E-state index is -2.12. The summed E-state index contributed by atoms with van der Waals surface area (Å²) in [5, 5.41) is 0.296. The number of fused-ring (bicyclic) bond motifs is 3. The number of carbonyl (C=O) groups excluding carboxylic acids is 4. The first-order valence-electron chi connectivity index (χ1n) is 11.0. The number of hydrogen-bond donors (Lipinski definition) is 0. The zero-order valence-electron chi connectivity index (χ0n) is 18.4. The van der Waals surface area contributed by atoms with E-state index >= 15 is 0 Å². The Morgan fingerprint density at radius 2 is 1.49 bits per heavy atom. The summed E-state index contributed by atoms with van der Waals surface area (Å²) < 4.78 is 11.6. The maximum atomic E-state index is 14.0.